The van der Waals surface area contributed by atoms with Crippen LogP contribution in [0.15, 0.2) is 232 Å². The minimum Gasteiger partial charge on any atom is -0.416 e. The van der Waals surface area contributed by atoms with E-state index in [-0.39, 0.29) is 0 Å². The van der Waals surface area contributed by atoms with Crippen molar-refractivity contribution in [3.63, 3.8) is 0 Å². The van der Waals surface area contributed by atoms with Crippen molar-refractivity contribution in [2.24, 2.45) is 0 Å². The minimum atomic E-state index is -2.68. The summed E-state index contributed by atoms with van der Waals surface area (Å²) in [5.41, 5.74) is 1.76. The lowest BCUT2D eigenvalue weighted by Crippen LogP contribution is -2.74. The highest BCUT2D eigenvalue weighted by Gasteiger charge is 2.42. The zero-order chi connectivity index (χ0) is 38.7. The monoisotopic (exact) mass is 894 g/mol. The van der Waals surface area contributed by atoms with Crippen LogP contribution in [0.3, 0.4) is 0 Å². The molecule has 3 nitrogen and oxygen atoms in total. The summed E-state index contributed by atoms with van der Waals surface area (Å²) in [7, 11) is -5.36. The van der Waals surface area contributed by atoms with Gasteiger partial charge in [0, 0.05) is 20.1 Å². The number of hydrogen-bond acceptors (Lipinski definition) is 3. The average molecular weight is 897 g/mol. The van der Waals surface area contributed by atoms with Gasteiger partial charge in [-0.1, -0.05) is 202 Å². The van der Waals surface area contributed by atoms with Crippen molar-refractivity contribution in [2.75, 3.05) is 0 Å². The van der Waals surface area contributed by atoms with E-state index in [4.69, 9.17) is 4.42 Å². The van der Waals surface area contributed by atoms with Gasteiger partial charge in [-0.25, -0.2) is 0 Å². The van der Waals surface area contributed by atoms with E-state index in [0.29, 0.717) is 11.8 Å². The van der Waals surface area contributed by atoms with E-state index in [1.165, 1.54) is 41.5 Å². The Morgan fingerprint density at radius 2 is 0.509 bits per heavy atom. The van der Waals surface area contributed by atoms with E-state index in [2.05, 4.69) is 260 Å². The fraction of sp³-hybridized carbons (Fsp3) is 0. The van der Waals surface area contributed by atoms with Crippen molar-refractivity contribution < 1.29 is 4.42 Å². The molecule has 0 aliphatic rings. The van der Waals surface area contributed by atoms with Crippen molar-refractivity contribution in [3.05, 3.63) is 227 Å². The maximum absolute atomic E-state index is 6.43. The number of nitrogens with zero attached hydrogens (tertiary/aromatic N) is 2. The van der Waals surface area contributed by atoms with Crippen LogP contribution in [0.4, 0.5) is 0 Å². The molecule has 0 N–H and O–H groups in total. The number of aromatic nitrogens is 2. The highest BCUT2D eigenvalue weighted by Crippen LogP contribution is 2.25. The number of halogens is 2. The van der Waals surface area contributed by atoms with Gasteiger partial charge in [0.1, 0.15) is 0 Å². The Labute approximate surface area is 352 Å². The van der Waals surface area contributed by atoms with Crippen LogP contribution in [0, 0.1) is 0 Å². The van der Waals surface area contributed by atoms with Crippen molar-refractivity contribution in [2.45, 2.75) is 0 Å². The molecule has 0 bridgehead atoms. The highest BCUT2D eigenvalue weighted by molar-refractivity contribution is 9.10. The largest absolute Gasteiger partial charge is 0.416 e. The summed E-state index contributed by atoms with van der Waals surface area (Å²) < 4.78 is 8.55. The summed E-state index contributed by atoms with van der Waals surface area (Å²) in [4.78, 5) is 0. The molecule has 0 aliphatic carbocycles. The van der Waals surface area contributed by atoms with Gasteiger partial charge in [-0.3, -0.25) is 0 Å². The Balaban J connectivity index is 1.09. The second-order valence-electron chi connectivity index (χ2n) is 14.0. The molecule has 0 fully saturated rings. The first-order valence-corrected chi connectivity index (χ1v) is 24.4. The second kappa shape index (κ2) is 16.0. The van der Waals surface area contributed by atoms with Crippen LogP contribution >= 0.6 is 31.9 Å². The summed E-state index contributed by atoms with van der Waals surface area (Å²) in [6, 6.07) is 78.9. The molecule has 9 rings (SSSR count). The first-order valence-electron chi connectivity index (χ1n) is 18.9. The SMILES string of the molecule is Brc1ccc([Si](c2ccccc2)(c2ccccc2)c2ccc(-c3nnc(-c4ccc([Si](c5ccccc5)(c5ccccc5)c5ccc(Br)cc5)cc4)o3)cc2)cc1. The Kier molecular flexibility index (Phi) is 10.4. The van der Waals surface area contributed by atoms with Crippen LogP contribution in [0.1, 0.15) is 0 Å². The molecule has 0 aliphatic heterocycles. The molecular weight excluding hydrogens is 861 g/mol. The third-order valence-corrected chi connectivity index (χ3v) is 21.6. The normalized spacial score (nSPS) is 11.7. The first-order chi connectivity index (χ1) is 28.1. The maximum Gasteiger partial charge on any atom is 0.248 e. The van der Waals surface area contributed by atoms with Crippen LogP contribution in [0.5, 0.6) is 0 Å². The van der Waals surface area contributed by atoms with Gasteiger partial charge in [0.25, 0.3) is 0 Å². The molecular formula is C50H36Br2N2OSi2. The molecule has 1 heterocycles. The lowest BCUT2D eigenvalue weighted by molar-refractivity contribution is 0.584. The van der Waals surface area contributed by atoms with E-state index >= 15 is 0 Å². The van der Waals surface area contributed by atoms with E-state index in [1.807, 2.05) is 0 Å². The molecule has 7 heteroatoms. The van der Waals surface area contributed by atoms with Crippen molar-refractivity contribution in [1.29, 1.82) is 0 Å². The van der Waals surface area contributed by atoms with Crippen LogP contribution in [0.2, 0.25) is 0 Å². The van der Waals surface area contributed by atoms with Gasteiger partial charge >= 0.3 is 0 Å². The average Bonchev–Trinajstić information content (AvgIpc) is 3.78. The molecule has 274 valence electrons. The number of benzene rings is 8. The molecule has 0 atom stereocenters. The lowest BCUT2D eigenvalue weighted by Gasteiger charge is -2.34. The molecule has 0 radical (unpaired) electrons. The Morgan fingerprint density at radius 1 is 0.281 bits per heavy atom. The third-order valence-electron chi connectivity index (χ3n) is 10.9. The van der Waals surface area contributed by atoms with E-state index < -0.39 is 16.1 Å². The van der Waals surface area contributed by atoms with Gasteiger partial charge in [0.05, 0.1) is 0 Å². The fourth-order valence-electron chi connectivity index (χ4n) is 8.33. The topological polar surface area (TPSA) is 38.9 Å². The number of rotatable bonds is 10. The van der Waals surface area contributed by atoms with Crippen LogP contribution in [-0.2, 0) is 0 Å². The predicted molar refractivity (Wildman–Crippen MR) is 248 cm³/mol. The Morgan fingerprint density at radius 3 is 0.772 bits per heavy atom. The molecule has 57 heavy (non-hydrogen) atoms. The Bertz CT molecular complexity index is 2440. The van der Waals surface area contributed by atoms with Gasteiger partial charge in [0.2, 0.25) is 11.8 Å². The highest BCUT2D eigenvalue weighted by atomic mass is 79.9. The molecule has 0 saturated carbocycles. The lowest BCUT2D eigenvalue weighted by atomic mass is 10.2. The molecule has 9 aromatic rings. The molecule has 0 amide bonds. The molecule has 0 unspecified atom stereocenters. The standard InChI is InChI=1S/C50H36Br2N2OSi2/c51-39-25-33-47(34-26-39)56(41-13-5-1-6-14-41,42-15-7-2-8-16-42)45-29-21-37(22-30-45)49-53-54-50(55-49)38-23-31-46(32-24-38)57(43-17-9-3-10-18-43,44-19-11-4-12-20-44)48-35-27-40(52)28-36-48/h1-36H. The van der Waals surface area contributed by atoms with Crippen molar-refractivity contribution in [3.8, 4) is 22.9 Å². The molecule has 8 aromatic carbocycles. The van der Waals surface area contributed by atoms with E-state index in [1.54, 1.807) is 0 Å². The summed E-state index contributed by atoms with van der Waals surface area (Å²) in [6.07, 6.45) is 0. The second-order valence-corrected chi connectivity index (χ2v) is 23.5. The van der Waals surface area contributed by atoms with Gasteiger partial charge in [-0.15, -0.1) is 10.2 Å². The first kappa shape index (κ1) is 36.9. The zero-order valence-electron chi connectivity index (χ0n) is 30.8. The van der Waals surface area contributed by atoms with Gasteiger partial charge < -0.3 is 4.42 Å². The van der Waals surface area contributed by atoms with Crippen LogP contribution in [-0.4, -0.2) is 26.3 Å². The van der Waals surface area contributed by atoms with Gasteiger partial charge in [-0.2, -0.15) is 0 Å². The zero-order valence-corrected chi connectivity index (χ0v) is 36.0. The molecule has 1 aromatic heterocycles. The van der Waals surface area contributed by atoms with Gasteiger partial charge in [-0.05, 0) is 90.0 Å². The van der Waals surface area contributed by atoms with Gasteiger partial charge in [0.15, 0.2) is 16.1 Å². The van der Waals surface area contributed by atoms with Crippen molar-refractivity contribution in [1.82, 2.24) is 10.2 Å². The summed E-state index contributed by atoms with van der Waals surface area (Å²) in [5.74, 6) is 0.978. The van der Waals surface area contributed by atoms with E-state index in [0.717, 1.165) is 20.1 Å². The fourth-order valence-corrected chi connectivity index (χ4v) is 18.3. The minimum absolute atomic E-state index is 0.489. The summed E-state index contributed by atoms with van der Waals surface area (Å²) in [5, 5.41) is 19.6. The maximum atomic E-state index is 6.43. The summed E-state index contributed by atoms with van der Waals surface area (Å²) in [6.45, 7) is 0. The molecule has 0 spiro atoms. The number of hydrogen-bond donors (Lipinski definition) is 0. The van der Waals surface area contributed by atoms with E-state index in [9.17, 15) is 0 Å². The smallest absolute Gasteiger partial charge is 0.248 e. The third kappa shape index (κ3) is 6.80. The van der Waals surface area contributed by atoms with Crippen molar-refractivity contribution >= 4 is 89.5 Å². The quantitative estimate of drug-likeness (QED) is 0.105. The molecule has 0 saturated heterocycles. The summed E-state index contributed by atoms with van der Waals surface area (Å²) >= 11 is 7.34. The Hall–Kier alpha value is -5.71. The predicted octanol–water partition coefficient (Wildman–Crippen LogP) is 7.68. The van der Waals surface area contributed by atoms with Crippen LogP contribution in [0.25, 0.3) is 22.9 Å². The van der Waals surface area contributed by atoms with Crippen LogP contribution < -0.4 is 41.5 Å².